The SMILES string of the molecule is CCCCC1CCC(C(Br)c2cc(Cl)c(Br)s2)CC1. The molecule has 0 aliphatic heterocycles. The summed E-state index contributed by atoms with van der Waals surface area (Å²) in [7, 11) is 0. The second-order valence-electron chi connectivity index (χ2n) is 5.60. The van der Waals surface area contributed by atoms with Gasteiger partial charge in [-0.1, -0.05) is 66.6 Å². The number of hydrogen-bond donors (Lipinski definition) is 0. The van der Waals surface area contributed by atoms with E-state index in [2.05, 4.69) is 44.8 Å². The first-order valence-electron chi connectivity index (χ1n) is 7.20. The Kier molecular flexibility index (Phi) is 6.71. The van der Waals surface area contributed by atoms with E-state index >= 15 is 0 Å². The number of rotatable bonds is 5. The van der Waals surface area contributed by atoms with Crippen LogP contribution in [-0.2, 0) is 0 Å². The summed E-state index contributed by atoms with van der Waals surface area (Å²) in [6.45, 7) is 2.29. The average Bonchev–Trinajstić information content (AvgIpc) is 2.76. The fourth-order valence-electron chi connectivity index (χ4n) is 2.99. The van der Waals surface area contributed by atoms with Crippen LogP contribution in [0.15, 0.2) is 9.85 Å². The second kappa shape index (κ2) is 7.82. The number of hydrogen-bond acceptors (Lipinski definition) is 1. The van der Waals surface area contributed by atoms with Gasteiger partial charge >= 0.3 is 0 Å². The van der Waals surface area contributed by atoms with E-state index in [0.717, 1.165) is 20.6 Å². The summed E-state index contributed by atoms with van der Waals surface area (Å²) in [5.41, 5.74) is 0. The minimum atomic E-state index is 0.480. The molecule has 0 N–H and O–H groups in total. The van der Waals surface area contributed by atoms with Crippen LogP contribution in [0.3, 0.4) is 0 Å². The summed E-state index contributed by atoms with van der Waals surface area (Å²) in [4.78, 5) is 1.85. The Bertz CT molecular complexity index is 377. The highest BCUT2D eigenvalue weighted by molar-refractivity contribution is 9.11. The molecule has 2 rings (SSSR count). The zero-order chi connectivity index (χ0) is 13.8. The smallest absolute Gasteiger partial charge is 0.0887 e. The Morgan fingerprint density at radius 2 is 2.05 bits per heavy atom. The van der Waals surface area contributed by atoms with E-state index < -0.39 is 0 Å². The minimum Gasteiger partial charge on any atom is -0.130 e. The monoisotopic (exact) mass is 426 g/mol. The summed E-state index contributed by atoms with van der Waals surface area (Å²) in [6.07, 6.45) is 9.71. The zero-order valence-electron chi connectivity index (χ0n) is 11.3. The van der Waals surface area contributed by atoms with Gasteiger partial charge in [0, 0.05) is 4.88 Å². The van der Waals surface area contributed by atoms with Gasteiger partial charge in [0.25, 0.3) is 0 Å². The molecule has 0 nitrogen and oxygen atoms in total. The molecule has 0 aromatic carbocycles. The van der Waals surface area contributed by atoms with Gasteiger partial charge in [-0.15, -0.1) is 11.3 Å². The predicted octanol–water partition coefficient (Wildman–Crippen LogP) is 7.60. The lowest BCUT2D eigenvalue weighted by atomic mass is 9.78. The first kappa shape index (κ1) is 16.3. The fraction of sp³-hybridized carbons (Fsp3) is 0.733. The molecule has 1 heterocycles. The van der Waals surface area contributed by atoms with Crippen molar-refractivity contribution in [3.63, 3.8) is 0 Å². The van der Waals surface area contributed by atoms with Gasteiger partial charge in [0.15, 0.2) is 0 Å². The highest BCUT2D eigenvalue weighted by Gasteiger charge is 2.28. The van der Waals surface area contributed by atoms with Crippen molar-refractivity contribution in [1.29, 1.82) is 0 Å². The minimum absolute atomic E-state index is 0.480. The van der Waals surface area contributed by atoms with E-state index in [1.807, 2.05) is 0 Å². The summed E-state index contributed by atoms with van der Waals surface area (Å²) >= 11 is 15.3. The topological polar surface area (TPSA) is 0 Å². The molecule has 19 heavy (non-hydrogen) atoms. The highest BCUT2D eigenvalue weighted by Crippen LogP contribution is 2.46. The van der Waals surface area contributed by atoms with Crippen molar-refractivity contribution in [2.24, 2.45) is 11.8 Å². The lowest BCUT2D eigenvalue weighted by Crippen LogP contribution is -2.17. The number of unbranched alkanes of at least 4 members (excludes halogenated alkanes) is 1. The van der Waals surface area contributed by atoms with Gasteiger partial charge in [-0.05, 0) is 46.7 Å². The Morgan fingerprint density at radius 1 is 1.37 bits per heavy atom. The third-order valence-corrected chi connectivity index (χ3v) is 8.31. The molecular formula is C15H21Br2ClS. The van der Waals surface area contributed by atoms with Gasteiger partial charge in [-0.2, -0.15) is 0 Å². The molecule has 1 unspecified atom stereocenters. The quantitative estimate of drug-likeness (QED) is 0.424. The summed E-state index contributed by atoms with van der Waals surface area (Å²) < 4.78 is 1.06. The van der Waals surface area contributed by atoms with Gasteiger partial charge < -0.3 is 0 Å². The molecule has 1 aliphatic rings. The molecule has 1 aromatic rings. The van der Waals surface area contributed by atoms with E-state index in [-0.39, 0.29) is 0 Å². The van der Waals surface area contributed by atoms with Crippen LogP contribution < -0.4 is 0 Å². The molecule has 108 valence electrons. The van der Waals surface area contributed by atoms with E-state index in [1.165, 1.54) is 49.8 Å². The fourth-order valence-corrected chi connectivity index (χ4v) is 5.75. The summed E-state index contributed by atoms with van der Waals surface area (Å²) in [5.74, 6) is 1.76. The van der Waals surface area contributed by atoms with Gasteiger partial charge in [0.05, 0.1) is 13.6 Å². The van der Waals surface area contributed by atoms with Crippen LogP contribution in [0.5, 0.6) is 0 Å². The van der Waals surface area contributed by atoms with Crippen molar-refractivity contribution in [2.45, 2.75) is 56.7 Å². The molecule has 1 aliphatic carbocycles. The van der Waals surface area contributed by atoms with Gasteiger partial charge in [0.1, 0.15) is 0 Å². The molecule has 0 bridgehead atoms. The Labute approximate surface area is 142 Å². The van der Waals surface area contributed by atoms with Crippen LogP contribution in [0.25, 0.3) is 0 Å². The van der Waals surface area contributed by atoms with Crippen LogP contribution in [0.4, 0.5) is 0 Å². The average molecular weight is 429 g/mol. The first-order valence-corrected chi connectivity index (χ1v) is 10.1. The number of alkyl halides is 1. The zero-order valence-corrected chi connectivity index (χ0v) is 16.0. The summed E-state index contributed by atoms with van der Waals surface area (Å²) in [5, 5.41) is 0.848. The van der Waals surface area contributed by atoms with Gasteiger partial charge in [0.2, 0.25) is 0 Å². The van der Waals surface area contributed by atoms with Crippen LogP contribution in [-0.4, -0.2) is 0 Å². The number of thiophene rings is 1. The van der Waals surface area contributed by atoms with Crippen molar-refractivity contribution in [3.05, 3.63) is 19.8 Å². The Hall–Kier alpha value is 0.950. The third-order valence-electron chi connectivity index (χ3n) is 4.21. The standard InChI is InChI=1S/C15H21Br2ClS/c1-2-3-4-10-5-7-11(8-6-10)14(16)13-9-12(18)15(17)19-13/h9-11,14H,2-8H2,1H3. The van der Waals surface area contributed by atoms with Crippen molar-refractivity contribution >= 4 is 54.8 Å². The third kappa shape index (κ3) is 4.46. The molecule has 0 saturated heterocycles. The maximum Gasteiger partial charge on any atom is 0.0887 e. The first-order chi connectivity index (χ1) is 9.11. The molecular weight excluding hydrogens is 407 g/mol. The molecule has 0 amide bonds. The lowest BCUT2D eigenvalue weighted by molar-refractivity contribution is 0.258. The second-order valence-corrected chi connectivity index (χ2v) is 9.39. The van der Waals surface area contributed by atoms with Crippen molar-refractivity contribution in [3.8, 4) is 0 Å². The van der Waals surface area contributed by atoms with E-state index in [4.69, 9.17) is 11.6 Å². The van der Waals surface area contributed by atoms with E-state index in [1.54, 1.807) is 11.3 Å². The van der Waals surface area contributed by atoms with E-state index in [9.17, 15) is 0 Å². The molecule has 4 heteroatoms. The normalized spacial score (nSPS) is 25.5. The van der Waals surface area contributed by atoms with Gasteiger partial charge in [-0.3, -0.25) is 0 Å². The van der Waals surface area contributed by atoms with Crippen LogP contribution in [0.2, 0.25) is 5.02 Å². The Balaban J connectivity index is 1.87. The number of halogens is 3. The molecule has 1 saturated carbocycles. The van der Waals surface area contributed by atoms with Crippen LogP contribution in [0, 0.1) is 11.8 Å². The molecule has 0 spiro atoms. The van der Waals surface area contributed by atoms with Crippen molar-refractivity contribution < 1.29 is 0 Å². The van der Waals surface area contributed by atoms with Crippen molar-refractivity contribution in [2.75, 3.05) is 0 Å². The van der Waals surface area contributed by atoms with E-state index in [0.29, 0.717) is 4.83 Å². The summed E-state index contributed by atoms with van der Waals surface area (Å²) in [6, 6.07) is 2.11. The Morgan fingerprint density at radius 3 is 2.58 bits per heavy atom. The molecule has 1 aromatic heterocycles. The van der Waals surface area contributed by atoms with Gasteiger partial charge in [-0.25, -0.2) is 0 Å². The largest absolute Gasteiger partial charge is 0.130 e. The predicted molar refractivity (Wildman–Crippen MR) is 93.7 cm³/mol. The highest BCUT2D eigenvalue weighted by atomic mass is 79.9. The molecule has 1 atom stereocenters. The maximum absolute atomic E-state index is 6.14. The van der Waals surface area contributed by atoms with Crippen LogP contribution >= 0.6 is 54.8 Å². The molecule has 0 radical (unpaired) electrons. The lowest BCUT2D eigenvalue weighted by Gasteiger charge is -2.31. The van der Waals surface area contributed by atoms with Crippen LogP contribution in [0.1, 0.15) is 61.6 Å². The van der Waals surface area contributed by atoms with Crippen molar-refractivity contribution in [1.82, 2.24) is 0 Å². The molecule has 1 fully saturated rings. The maximum atomic E-state index is 6.14.